The van der Waals surface area contributed by atoms with Crippen molar-refractivity contribution in [3.63, 3.8) is 0 Å². The van der Waals surface area contributed by atoms with E-state index in [1.807, 2.05) is 55.2 Å². The molecule has 2 aromatic rings. The standard InChI is InChI=1S/C21H24ClN3O2S/c1-4-14-12-28-21-24-18(16-8-6-7-9-23-16)19(25(14)21)13-10-15(22)20(26-3)17(11-13)27-5-2/h6-11,14,18-19H,4-5,12H2,1-3H3/t14-,18-,19-/m1/s1. The third-order valence-corrected chi connectivity index (χ3v) is 6.61. The molecule has 0 saturated carbocycles. The van der Waals surface area contributed by atoms with Gasteiger partial charge in [0.2, 0.25) is 0 Å². The van der Waals surface area contributed by atoms with Crippen molar-refractivity contribution in [2.24, 2.45) is 4.99 Å². The van der Waals surface area contributed by atoms with E-state index in [2.05, 4.69) is 16.8 Å². The molecule has 5 nitrogen and oxygen atoms in total. The number of aromatic nitrogens is 1. The molecule has 1 aromatic heterocycles. The SMILES string of the molecule is CCOc1cc([C@@H]2[C@@H](c3ccccn3)N=C3SC[C@@H](CC)N32)cc(Cl)c1OC. The van der Waals surface area contributed by atoms with Gasteiger partial charge in [-0.3, -0.25) is 9.98 Å². The summed E-state index contributed by atoms with van der Waals surface area (Å²) >= 11 is 8.40. The summed E-state index contributed by atoms with van der Waals surface area (Å²) in [6, 6.07) is 10.4. The Morgan fingerprint density at radius 3 is 2.82 bits per heavy atom. The molecule has 1 aromatic carbocycles. The third-order valence-electron chi connectivity index (χ3n) is 5.21. The van der Waals surface area contributed by atoms with Gasteiger partial charge < -0.3 is 14.4 Å². The second kappa shape index (κ2) is 8.21. The first-order valence-corrected chi connectivity index (χ1v) is 10.9. The van der Waals surface area contributed by atoms with Crippen molar-refractivity contribution in [1.29, 1.82) is 0 Å². The lowest BCUT2D eigenvalue weighted by molar-refractivity contribution is 0.253. The van der Waals surface area contributed by atoms with E-state index in [1.165, 1.54) is 0 Å². The Hall–Kier alpha value is -1.92. The third kappa shape index (κ3) is 3.33. The molecule has 28 heavy (non-hydrogen) atoms. The molecule has 148 valence electrons. The van der Waals surface area contributed by atoms with Gasteiger partial charge in [0.1, 0.15) is 6.04 Å². The second-order valence-corrected chi connectivity index (χ2v) is 8.20. The zero-order valence-corrected chi connectivity index (χ0v) is 17.8. The van der Waals surface area contributed by atoms with Gasteiger partial charge in [-0.05, 0) is 43.2 Å². The van der Waals surface area contributed by atoms with Crippen molar-refractivity contribution < 1.29 is 9.47 Å². The number of thioether (sulfide) groups is 1. The molecule has 0 aliphatic carbocycles. The molecular formula is C21H24ClN3O2S. The maximum Gasteiger partial charge on any atom is 0.179 e. The van der Waals surface area contributed by atoms with Gasteiger partial charge in [0.05, 0.1) is 30.5 Å². The summed E-state index contributed by atoms with van der Waals surface area (Å²) in [5.41, 5.74) is 2.04. The van der Waals surface area contributed by atoms with Crippen LogP contribution >= 0.6 is 23.4 Å². The quantitative estimate of drug-likeness (QED) is 0.652. The number of halogens is 1. The summed E-state index contributed by atoms with van der Waals surface area (Å²) in [5, 5.41) is 1.65. The molecule has 0 bridgehead atoms. The summed E-state index contributed by atoms with van der Waals surface area (Å²) < 4.78 is 11.3. The largest absolute Gasteiger partial charge is 0.491 e. The number of amidine groups is 1. The van der Waals surface area contributed by atoms with E-state index in [1.54, 1.807) is 7.11 Å². The van der Waals surface area contributed by atoms with Gasteiger partial charge in [0, 0.05) is 18.0 Å². The van der Waals surface area contributed by atoms with E-state index in [9.17, 15) is 0 Å². The molecule has 3 heterocycles. The number of rotatable bonds is 6. The second-order valence-electron chi connectivity index (χ2n) is 6.80. The van der Waals surface area contributed by atoms with Crippen LogP contribution in [0.4, 0.5) is 0 Å². The lowest BCUT2D eigenvalue weighted by atomic mass is 9.95. The molecule has 0 spiro atoms. The number of methoxy groups -OCH3 is 1. The molecule has 1 fully saturated rings. The van der Waals surface area contributed by atoms with Crippen molar-refractivity contribution in [3.05, 3.63) is 52.8 Å². The van der Waals surface area contributed by atoms with Crippen molar-refractivity contribution in [1.82, 2.24) is 9.88 Å². The van der Waals surface area contributed by atoms with Crippen LogP contribution in [0.3, 0.4) is 0 Å². The summed E-state index contributed by atoms with van der Waals surface area (Å²) in [6.45, 7) is 4.73. The lowest BCUT2D eigenvalue weighted by Gasteiger charge is -2.32. The van der Waals surface area contributed by atoms with Crippen LogP contribution in [-0.2, 0) is 0 Å². The predicted octanol–water partition coefficient (Wildman–Crippen LogP) is 5.12. The summed E-state index contributed by atoms with van der Waals surface area (Å²) in [4.78, 5) is 12.1. The van der Waals surface area contributed by atoms with E-state index < -0.39 is 0 Å². The number of ether oxygens (including phenoxy) is 2. The average molecular weight is 418 g/mol. The van der Waals surface area contributed by atoms with E-state index in [0.29, 0.717) is 29.2 Å². The highest BCUT2D eigenvalue weighted by molar-refractivity contribution is 8.14. The summed E-state index contributed by atoms with van der Waals surface area (Å²) in [7, 11) is 1.61. The fraction of sp³-hybridized carbons (Fsp3) is 0.429. The van der Waals surface area contributed by atoms with E-state index in [4.69, 9.17) is 26.1 Å². The van der Waals surface area contributed by atoms with Crippen LogP contribution in [0.2, 0.25) is 5.02 Å². The van der Waals surface area contributed by atoms with Gasteiger partial charge in [-0.15, -0.1) is 0 Å². The number of hydrogen-bond donors (Lipinski definition) is 0. The first-order chi connectivity index (χ1) is 13.7. The van der Waals surface area contributed by atoms with Crippen LogP contribution in [0.15, 0.2) is 41.5 Å². The molecular weight excluding hydrogens is 394 g/mol. The van der Waals surface area contributed by atoms with Crippen molar-refractivity contribution in [2.75, 3.05) is 19.5 Å². The number of hydrogen-bond acceptors (Lipinski definition) is 6. The first kappa shape index (κ1) is 19.4. The van der Waals surface area contributed by atoms with Crippen LogP contribution in [0.25, 0.3) is 0 Å². The highest BCUT2D eigenvalue weighted by Crippen LogP contribution is 2.50. The normalized spacial score (nSPS) is 23.5. The zero-order valence-electron chi connectivity index (χ0n) is 16.3. The number of aliphatic imine (C=N–C) groups is 1. The highest BCUT2D eigenvalue weighted by atomic mass is 35.5. The average Bonchev–Trinajstić information content (AvgIpc) is 3.27. The Bertz CT molecular complexity index is 877. The van der Waals surface area contributed by atoms with Gasteiger partial charge in [0.25, 0.3) is 0 Å². The Kier molecular flexibility index (Phi) is 5.69. The maximum absolute atomic E-state index is 6.57. The first-order valence-electron chi connectivity index (χ1n) is 9.58. The Morgan fingerprint density at radius 1 is 1.29 bits per heavy atom. The molecule has 1 saturated heterocycles. The number of nitrogens with zero attached hydrogens (tertiary/aromatic N) is 3. The maximum atomic E-state index is 6.57. The molecule has 0 N–H and O–H groups in total. The fourth-order valence-electron chi connectivity index (χ4n) is 3.93. The van der Waals surface area contributed by atoms with Crippen LogP contribution in [0.5, 0.6) is 11.5 Å². The molecule has 4 rings (SSSR count). The predicted molar refractivity (Wildman–Crippen MR) is 115 cm³/mol. The van der Waals surface area contributed by atoms with Gasteiger partial charge in [-0.2, -0.15) is 0 Å². The van der Waals surface area contributed by atoms with Crippen molar-refractivity contribution >= 4 is 28.5 Å². The van der Waals surface area contributed by atoms with Crippen molar-refractivity contribution in [2.45, 2.75) is 38.4 Å². The number of pyridine rings is 1. The van der Waals surface area contributed by atoms with Crippen molar-refractivity contribution in [3.8, 4) is 11.5 Å². The Balaban J connectivity index is 1.82. The van der Waals surface area contributed by atoms with E-state index in [-0.39, 0.29) is 12.1 Å². The van der Waals surface area contributed by atoms with E-state index >= 15 is 0 Å². The Morgan fingerprint density at radius 2 is 2.14 bits per heavy atom. The number of benzene rings is 1. The zero-order chi connectivity index (χ0) is 19.7. The van der Waals surface area contributed by atoms with Gasteiger partial charge in [-0.1, -0.05) is 36.4 Å². The van der Waals surface area contributed by atoms with Gasteiger partial charge in [0.15, 0.2) is 16.7 Å². The van der Waals surface area contributed by atoms with E-state index in [0.717, 1.165) is 28.6 Å². The number of fused-ring (bicyclic) bond motifs is 1. The van der Waals surface area contributed by atoms with Crippen LogP contribution in [-0.4, -0.2) is 40.6 Å². The monoisotopic (exact) mass is 417 g/mol. The van der Waals surface area contributed by atoms with Gasteiger partial charge in [-0.25, -0.2) is 0 Å². The van der Waals surface area contributed by atoms with Gasteiger partial charge >= 0.3 is 0 Å². The molecule has 3 atom stereocenters. The molecule has 0 unspecified atom stereocenters. The fourth-order valence-corrected chi connectivity index (χ4v) is 5.56. The lowest BCUT2D eigenvalue weighted by Crippen LogP contribution is -2.35. The minimum absolute atomic E-state index is 0.0347. The smallest absolute Gasteiger partial charge is 0.179 e. The molecule has 2 aliphatic heterocycles. The van der Waals surface area contributed by atoms with Crippen LogP contribution in [0.1, 0.15) is 43.6 Å². The summed E-state index contributed by atoms with van der Waals surface area (Å²) in [6.07, 6.45) is 2.90. The summed E-state index contributed by atoms with van der Waals surface area (Å²) in [5.74, 6) is 2.30. The molecule has 7 heteroatoms. The van der Waals surface area contributed by atoms with Crippen LogP contribution in [0, 0.1) is 0 Å². The van der Waals surface area contributed by atoms with Crippen LogP contribution < -0.4 is 9.47 Å². The molecule has 2 aliphatic rings. The highest BCUT2D eigenvalue weighted by Gasteiger charge is 2.45. The Labute approximate surface area is 175 Å². The minimum Gasteiger partial charge on any atom is -0.491 e. The topological polar surface area (TPSA) is 47.0 Å². The molecule has 0 radical (unpaired) electrons. The molecule has 0 amide bonds. The minimum atomic E-state index is -0.0722.